The second-order valence-electron chi connectivity index (χ2n) is 2.75. The minimum absolute atomic E-state index is 1.08. The van der Waals surface area contributed by atoms with Crippen molar-refractivity contribution < 1.29 is 0 Å². The summed E-state index contributed by atoms with van der Waals surface area (Å²) in [5.41, 5.74) is 6.81. The summed E-state index contributed by atoms with van der Waals surface area (Å²) < 4.78 is 0. The normalized spacial score (nSPS) is 8.71. The van der Waals surface area contributed by atoms with Crippen molar-refractivity contribution >= 4 is 0 Å². The maximum atomic E-state index is 3.63. The van der Waals surface area contributed by atoms with Crippen LogP contribution in [0.1, 0.15) is 41.0 Å². The summed E-state index contributed by atoms with van der Waals surface area (Å²) in [7, 11) is 0. The van der Waals surface area contributed by atoms with Crippen molar-refractivity contribution in [3.8, 4) is 0 Å². The Bertz CT molecular complexity index is 288. The van der Waals surface area contributed by atoms with Gasteiger partial charge in [0.05, 0.1) is 0 Å². The highest BCUT2D eigenvalue weighted by molar-refractivity contribution is 5.20. The van der Waals surface area contributed by atoms with Gasteiger partial charge in [0.2, 0.25) is 0 Å². The van der Waals surface area contributed by atoms with Crippen LogP contribution in [0.5, 0.6) is 0 Å². The number of hydrogen-bond acceptors (Lipinski definition) is 0. The summed E-state index contributed by atoms with van der Waals surface area (Å²) >= 11 is 0. The fraction of sp³-hybridized carbons (Fsp3) is 0.353. The molecule has 17 heavy (non-hydrogen) atoms. The van der Waals surface area contributed by atoms with Crippen molar-refractivity contribution in [2.24, 2.45) is 0 Å². The Labute approximate surface area is 108 Å². The number of rotatable bonds is 3. The Morgan fingerprint density at radius 3 is 2.12 bits per heavy atom. The molecule has 0 saturated heterocycles. The van der Waals surface area contributed by atoms with Gasteiger partial charge in [-0.05, 0) is 39.3 Å². The zero-order valence-corrected chi connectivity index (χ0v) is 12.1. The second kappa shape index (κ2) is 24.0. The van der Waals surface area contributed by atoms with Crippen LogP contribution >= 0.6 is 0 Å². The first-order valence-corrected chi connectivity index (χ1v) is 6.08. The van der Waals surface area contributed by atoms with Gasteiger partial charge in [-0.25, -0.2) is 0 Å². The van der Waals surface area contributed by atoms with Crippen molar-refractivity contribution in [3.05, 3.63) is 67.0 Å². The van der Waals surface area contributed by atoms with Crippen molar-refractivity contribution in [3.63, 3.8) is 0 Å². The first-order valence-electron chi connectivity index (χ1n) is 6.08. The average molecular weight is 231 g/mol. The van der Waals surface area contributed by atoms with Crippen molar-refractivity contribution in [1.82, 2.24) is 0 Å². The van der Waals surface area contributed by atoms with Crippen molar-refractivity contribution in [1.29, 1.82) is 0 Å². The molecule has 0 unspecified atom stereocenters. The molecule has 0 spiro atoms. The first-order chi connectivity index (χ1) is 8.22. The van der Waals surface area contributed by atoms with Crippen LogP contribution in [-0.4, -0.2) is 0 Å². The van der Waals surface area contributed by atoms with Crippen LogP contribution in [0.2, 0.25) is 0 Å². The Balaban J connectivity index is -0.000000275. The van der Waals surface area contributed by atoms with E-state index in [0.29, 0.717) is 0 Å². The standard InChI is InChI=1S/C11H13.C4H8.C2H6/c1-4-6-7-8-9-10-11(3)5-2;1-3-4-2;1-2/h4-5,8-10H,2H2,1,3H3;3H,1,4H2,2H3;1-2H3/b8-4?,10-9-,11-5-;;. The monoisotopic (exact) mass is 231 g/mol. The molecule has 0 aromatic heterocycles. The van der Waals surface area contributed by atoms with Gasteiger partial charge in [0.15, 0.2) is 0 Å². The summed E-state index contributed by atoms with van der Waals surface area (Å²) in [6.45, 7) is 17.1. The van der Waals surface area contributed by atoms with E-state index in [2.05, 4.69) is 31.9 Å². The van der Waals surface area contributed by atoms with Gasteiger partial charge >= 0.3 is 0 Å². The molecule has 0 aliphatic heterocycles. The van der Waals surface area contributed by atoms with Gasteiger partial charge in [-0.1, -0.05) is 62.1 Å². The molecule has 0 fully saturated rings. The third-order valence-corrected chi connectivity index (χ3v) is 1.38. The molecular weight excluding hydrogens is 204 g/mol. The van der Waals surface area contributed by atoms with Crippen LogP contribution in [-0.2, 0) is 0 Å². The molecule has 0 amide bonds. The van der Waals surface area contributed by atoms with Crippen molar-refractivity contribution in [2.75, 3.05) is 0 Å². The van der Waals surface area contributed by atoms with E-state index in [4.69, 9.17) is 0 Å². The van der Waals surface area contributed by atoms with Crippen LogP contribution in [0, 0.1) is 6.92 Å². The number of hydrogen-bond donors (Lipinski definition) is 0. The van der Waals surface area contributed by atoms with E-state index in [0.717, 1.165) is 12.0 Å². The van der Waals surface area contributed by atoms with Crippen LogP contribution in [0.25, 0.3) is 0 Å². The Kier molecular flexibility index (Phi) is 29.4. The maximum absolute atomic E-state index is 3.63. The zero-order chi connectivity index (χ0) is 13.9. The van der Waals surface area contributed by atoms with E-state index in [9.17, 15) is 0 Å². The van der Waals surface area contributed by atoms with E-state index in [1.54, 1.807) is 0 Å². The SMILES string of the molecule is C=CCC.CC.[CH2]/C=C(C)\C=C/C=C=C=CC. The third kappa shape index (κ3) is 31.4. The van der Waals surface area contributed by atoms with Gasteiger partial charge in [0, 0.05) is 0 Å². The molecule has 0 bridgehead atoms. The molecular formula is C17H27. The van der Waals surface area contributed by atoms with E-state index in [-0.39, 0.29) is 0 Å². The Hall–Kier alpha value is -1.48. The minimum Gasteiger partial charge on any atom is -0.103 e. The fourth-order valence-electron chi connectivity index (χ4n) is 0.447. The molecule has 0 N–H and O–H groups in total. The molecule has 95 valence electrons. The van der Waals surface area contributed by atoms with E-state index < -0.39 is 0 Å². The zero-order valence-electron chi connectivity index (χ0n) is 12.1. The Morgan fingerprint density at radius 1 is 1.24 bits per heavy atom. The topological polar surface area (TPSA) is 0 Å². The molecule has 0 rings (SSSR count). The van der Waals surface area contributed by atoms with Gasteiger partial charge in [0.25, 0.3) is 0 Å². The summed E-state index contributed by atoms with van der Waals surface area (Å²) in [6, 6.07) is 0. The summed E-state index contributed by atoms with van der Waals surface area (Å²) in [4.78, 5) is 0. The van der Waals surface area contributed by atoms with Crippen LogP contribution in [0.15, 0.2) is 60.1 Å². The molecule has 0 aliphatic rings. The van der Waals surface area contributed by atoms with E-state index in [1.165, 1.54) is 0 Å². The van der Waals surface area contributed by atoms with Gasteiger partial charge < -0.3 is 0 Å². The molecule has 0 atom stereocenters. The summed E-state index contributed by atoms with van der Waals surface area (Å²) in [5, 5.41) is 0. The molecule has 0 aromatic rings. The maximum Gasteiger partial charge on any atom is -0.0115 e. The third-order valence-electron chi connectivity index (χ3n) is 1.38. The molecule has 0 saturated carbocycles. The summed E-state index contributed by atoms with van der Waals surface area (Å²) in [6.07, 6.45) is 12.3. The van der Waals surface area contributed by atoms with Gasteiger partial charge in [-0.15, -0.1) is 6.58 Å². The highest BCUT2D eigenvalue weighted by Crippen LogP contribution is 1.92. The lowest BCUT2D eigenvalue weighted by Gasteiger charge is -1.82. The van der Waals surface area contributed by atoms with Crippen molar-refractivity contribution in [2.45, 2.75) is 41.0 Å². The van der Waals surface area contributed by atoms with Gasteiger partial charge in [-0.3, -0.25) is 0 Å². The first kappa shape index (κ1) is 20.9. The van der Waals surface area contributed by atoms with E-state index >= 15 is 0 Å². The average Bonchev–Trinajstić information content (AvgIpc) is 2.40. The van der Waals surface area contributed by atoms with Crippen LogP contribution in [0.3, 0.4) is 0 Å². The van der Waals surface area contributed by atoms with Crippen LogP contribution < -0.4 is 0 Å². The lowest BCUT2D eigenvalue weighted by Crippen LogP contribution is -1.61. The predicted octanol–water partition coefficient (Wildman–Crippen LogP) is 5.82. The number of allylic oxidation sites excluding steroid dienone is 7. The highest BCUT2D eigenvalue weighted by Gasteiger charge is 1.71. The smallest absolute Gasteiger partial charge is 0.0115 e. The summed E-state index contributed by atoms with van der Waals surface area (Å²) in [5.74, 6) is 0. The Morgan fingerprint density at radius 2 is 1.76 bits per heavy atom. The molecule has 0 nitrogen and oxygen atoms in total. The lowest BCUT2D eigenvalue weighted by atomic mass is 10.2. The molecule has 1 radical (unpaired) electrons. The largest absolute Gasteiger partial charge is 0.103 e. The van der Waals surface area contributed by atoms with Crippen LogP contribution in [0.4, 0.5) is 0 Å². The van der Waals surface area contributed by atoms with Gasteiger partial charge in [0.1, 0.15) is 0 Å². The van der Waals surface area contributed by atoms with Gasteiger partial charge in [-0.2, -0.15) is 0 Å². The lowest BCUT2D eigenvalue weighted by molar-refractivity contribution is 1.23. The predicted molar refractivity (Wildman–Crippen MR) is 81.9 cm³/mol. The van der Waals surface area contributed by atoms with E-state index in [1.807, 2.05) is 64.2 Å². The quantitative estimate of drug-likeness (QED) is 0.326. The minimum atomic E-state index is 1.08. The molecule has 0 heteroatoms. The molecule has 0 aromatic carbocycles. The highest BCUT2D eigenvalue weighted by atomic mass is 13.8. The fourth-order valence-corrected chi connectivity index (χ4v) is 0.447. The molecule has 0 aliphatic carbocycles. The molecule has 0 heterocycles. The second-order valence-corrected chi connectivity index (χ2v) is 2.75.